The highest BCUT2D eigenvalue weighted by atomic mass is 16.1. The predicted octanol–water partition coefficient (Wildman–Crippen LogP) is 2.70. The van der Waals surface area contributed by atoms with Crippen LogP contribution in [0.5, 0.6) is 0 Å². The monoisotopic (exact) mass is 334 g/mol. The second-order valence-corrected chi connectivity index (χ2v) is 6.30. The summed E-state index contributed by atoms with van der Waals surface area (Å²) in [4.78, 5) is 20.3. The molecule has 0 amide bonds. The maximum atomic E-state index is 12.7. The highest BCUT2D eigenvalue weighted by Crippen LogP contribution is 2.24. The first-order valence-electron chi connectivity index (χ1n) is 8.13. The van der Waals surface area contributed by atoms with E-state index in [1.807, 2.05) is 45.2 Å². The number of nitrogens with one attached hydrogen (secondary N) is 1. The zero-order chi connectivity index (χ0) is 17.6. The third-order valence-electron chi connectivity index (χ3n) is 4.26. The van der Waals surface area contributed by atoms with Crippen molar-refractivity contribution < 1.29 is 0 Å². The molecule has 0 aliphatic carbocycles. The smallest absolute Gasteiger partial charge is 0.278 e. The maximum Gasteiger partial charge on any atom is 0.278 e. The topological polar surface area (TPSA) is 80.9 Å². The molecule has 0 saturated carbocycles. The van der Waals surface area contributed by atoms with Crippen LogP contribution in [0.2, 0.25) is 0 Å². The average molecular weight is 334 g/mol. The molecule has 0 bridgehead atoms. The van der Waals surface area contributed by atoms with Crippen molar-refractivity contribution in [3.63, 3.8) is 0 Å². The van der Waals surface area contributed by atoms with Crippen molar-refractivity contribution >= 4 is 5.65 Å². The predicted molar refractivity (Wildman–Crippen MR) is 95.0 cm³/mol. The van der Waals surface area contributed by atoms with Gasteiger partial charge in [-0.15, -0.1) is 0 Å². The van der Waals surface area contributed by atoms with Crippen LogP contribution >= 0.6 is 0 Å². The molecule has 0 unspecified atom stereocenters. The Balaban J connectivity index is 1.86. The van der Waals surface area contributed by atoms with Gasteiger partial charge in [0.25, 0.3) is 5.56 Å². The van der Waals surface area contributed by atoms with E-state index >= 15 is 0 Å². The summed E-state index contributed by atoms with van der Waals surface area (Å²) in [6.45, 7) is 5.93. The van der Waals surface area contributed by atoms with E-state index < -0.39 is 0 Å². The Bertz CT molecular complexity index is 1100. The summed E-state index contributed by atoms with van der Waals surface area (Å²) in [6.07, 6.45) is 7.04. The van der Waals surface area contributed by atoms with E-state index in [1.165, 1.54) is 4.52 Å². The fourth-order valence-electron chi connectivity index (χ4n) is 3.11. The molecule has 0 radical (unpaired) electrons. The minimum absolute atomic E-state index is 0.0791. The van der Waals surface area contributed by atoms with Crippen LogP contribution in [0.3, 0.4) is 0 Å². The van der Waals surface area contributed by atoms with E-state index in [9.17, 15) is 4.79 Å². The van der Waals surface area contributed by atoms with Gasteiger partial charge >= 0.3 is 0 Å². The van der Waals surface area contributed by atoms with Crippen molar-refractivity contribution in [2.24, 2.45) is 0 Å². The molecule has 7 nitrogen and oxygen atoms in total. The number of aryl methyl sites for hydroxylation is 1. The van der Waals surface area contributed by atoms with Gasteiger partial charge in [-0.25, -0.2) is 9.67 Å². The van der Waals surface area contributed by atoms with Crippen LogP contribution in [0.15, 0.2) is 47.8 Å². The van der Waals surface area contributed by atoms with Gasteiger partial charge in [-0.3, -0.25) is 4.79 Å². The van der Waals surface area contributed by atoms with E-state index in [0.717, 1.165) is 28.2 Å². The van der Waals surface area contributed by atoms with Gasteiger partial charge in [-0.05, 0) is 25.0 Å². The van der Waals surface area contributed by atoms with Crippen LogP contribution in [-0.2, 0) is 0 Å². The Morgan fingerprint density at radius 2 is 2.00 bits per heavy atom. The maximum absolute atomic E-state index is 12.7. The first kappa shape index (κ1) is 15.3. The summed E-state index contributed by atoms with van der Waals surface area (Å²) in [5.74, 6) is 0.865. The van der Waals surface area contributed by atoms with Crippen molar-refractivity contribution in [3.05, 3.63) is 64.6 Å². The molecule has 0 fully saturated rings. The number of nitrogens with zero attached hydrogens (tertiary/aromatic N) is 5. The van der Waals surface area contributed by atoms with Crippen molar-refractivity contribution in [2.75, 3.05) is 0 Å². The second-order valence-electron chi connectivity index (χ2n) is 6.30. The first-order valence-corrected chi connectivity index (χ1v) is 8.13. The summed E-state index contributed by atoms with van der Waals surface area (Å²) < 4.78 is 3.13. The lowest BCUT2D eigenvalue weighted by Gasteiger charge is -2.09. The average Bonchev–Trinajstić information content (AvgIpc) is 3.22. The van der Waals surface area contributed by atoms with E-state index in [-0.39, 0.29) is 11.5 Å². The quantitative estimate of drug-likeness (QED) is 0.624. The van der Waals surface area contributed by atoms with Gasteiger partial charge in [0.05, 0.1) is 12.4 Å². The summed E-state index contributed by atoms with van der Waals surface area (Å²) in [5.41, 5.74) is 3.92. The number of aromatic amines is 1. The van der Waals surface area contributed by atoms with Crippen LogP contribution in [0.4, 0.5) is 0 Å². The van der Waals surface area contributed by atoms with E-state index in [4.69, 9.17) is 0 Å². The molecule has 4 aromatic heterocycles. The Hall–Kier alpha value is -3.22. The fraction of sp³-hybridized carbons (Fsp3) is 0.222. The standard InChI is InChI=1S/C18H18N6O/c1-11(2)16-12(3)22-17-14(9-21-24(17)18(16)25)13-8-20-23(10-13)15-6-4-5-7-19-15/h4-11,22H,1-3H3. The molecule has 7 heteroatoms. The van der Waals surface area contributed by atoms with Gasteiger partial charge in [0.2, 0.25) is 0 Å². The highest BCUT2D eigenvalue weighted by molar-refractivity contribution is 5.76. The van der Waals surface area contributed by atoms with Gasteiger partial charge in [0.1, 0.15) is 5.65 Å². The normalized spacial score (nSPS) is 11.5. The zero-order valence-electron chi connectivity index (χ0n) is 14.3. The van der Waals surface area contributed by atoms with Gasteiger partial charge in [0.15, 0.2) is 5.82 Å². The molecule has 0 atom stereocenters. The summed E-state index contributed by atoms with van der Waals surface area (Å²) in [6, 6.07) is 5.65. The lowest BCUT2D eigenvalue weighted by molar-refractivity contribution is 0.780. The van der Waals surface area contributed by atoms with Crippen LogP contribution in [0.25, 0.3) is 22.6 Å². The Labute approximate surface area is 144 Å². The first-order chi connectivity index (χ1) is 12.1. The van der Waals surface area contributed by atoms with Crippen molar-refractivity contribution in [1.82, 2.24) is 29.4 Å². The minimum atomic E-state index is -0.0791. The van der Waals surface area contributed by atoms with Crippen molar-refractivity contribution in [2.45, 2.75) is 26.7 Å². The number of hydrogen-bond donors (Lipinski definition) is 1. The highest BCUT2D eigenvalue weighted by Gasteiger charge is 2.17. The summed E-state index contributed by atoms with van der Waals surface area (Å²) in [5, 5.41) is 8.65. The van der Waals surface area contributed by atoms with Gasteiger partial charge in [-0.2, -0.15) is 14.7 Å². The number of aromatic nitrogens is 6. The van der Waals surface area contributed by atoms with Crippen LogP contribution in [0.1, 0.15) is 31.0 Å². The van der Waals surface area contributed by atoms with Gasteiger partial charge < -0.3 is 4.98 Å². The molecule has 0 aliphatic rings. The second kappa shape index (κ2) is 5.70. The number of fused-ring (bicyclic) bond motifs is 1. The molecule has 25 heavy (non-hydrogen) atoms. The number of rotatable bonds is 3. The molecule has 4 aromatic rings. The van der Waals surface area contributed by atoms with Gasteiger partial charge in [-0.1, -0.05) is 19.9 Å². The summed E-state index contributed by atoms with van der Waals surface area (Å²) in [7, 11) is 0. The third kappa shape index (κ3) is 2.44. The molecular formula is C18H18N6O. The summed E-state index contributed by atoms with van der Waals surface area (Å²) >= 11 is 0. The van der Waals surface area contributed by atoms with Crippen LogP contribution in [0, 0.1) is 6.92 Å². The largest absolute Gasteiger partial charge is 0.343 e. The fourth-order valence-corrected chi connectivity index (χ4v) is 3.11. The lowest BCUT2D eigenvalue weighted by Crippen LogP contribution is -2.22. The van der Waals surface area contributed by atoms with Gasteiger partial charge in [0, 0.05) is 34.8 Å². The number of hydrogen-bond acceptors (Lipinski definition) is 4. The molecule has 0 aliphatic heterocycles. The molecule has 0 aromatic carbocycles. The van der Waals surface area contributed by atoms with E-state index in [1.54, 1.807) is 23.3 Å². The van der Waals surface area contributed by atoms with E-state index in [2.05, 4.69) is 20.2 Å². The van der Waals surface area contributed by atoms with Crippen LogP contribution in [-0.4, -0.2) is 29.4 Å². The zero-order valence-corrected chi connectivity index (χ0v) is 14.3. The molecule has 4 heterocycles. The molecule has 126 valence electrons. The van der Waals surface area contributed by atoms with E-state index in [0.29, 0.717) is 5.65 Å². The lowest BCUT2D eigenvalue weighted by atomic mass is 10.0. The molecule has 4 rings (SSSR count). The SMILES string of the molecule is Cc1[nH]c2c(-c3cnn(-c4ccccn4)c3)cnn2c(=O)c1C(C)C. The molecule has 0 spiro atoms. The van der Waals surface area contributed by atoms with Crippen molar-refractivity contribution in [1.29, 1.82) is 0 Å². The molecule has 0 saturated heterocycles. The third-order valence-corrected chi connectivity index (χ3v) is 4.26. The minimum Gasteiger partial charge on any atom is -0.343 e. The van der Waals surface area contributed by atoms with Crippen molar-refractivity contribution in [3.8, 4) is 16.9 Å². The van der Waals surface area contributed by atoms with Crippen LogP contribution < -0.4 is 5.56 Å². The molecular weight excluding hydrogens is 316 g/mol. The Morgan fingerprint density at radius 3 is 2.72 bits per heavy atom. The Morgan fingerprint density at radius 1 is 1.16 bits per heavy atom. The molecule has 1 N–H and O–H groups in total. The number of pyridine rings is 1. The number of H-pyrrole nitrogens is 1. The Kier molecular flexibility index (Phi) is 3.49.